The van der Waals surface area contributed by atoms with Crippen LogP contribution in [-0.2, 0) is 11.3 Å². The van der Waals surface area contributed by atoms with Crippen molar-refractivity contribution in [2.24, 2.45) is 0 Å². The molecule has 162 valence electrons. The molecule has 3 N–H and O–H groups in total. The zero-order chi connectivity index (χ0) is 22.0. The van der Waals surface area contributed by atoms with E-state index in [1.807, 2.05) is 13.0 Å². The fourth-order valence-electron chi connectivity index (χ4n) is 3.80. The van der Waals surface area contributed by atoms with Gasteiger partial charge in [0.1, 0.15) is 10.9 Å². The number of carbonyl (C=O) groups excluding carboxylic acids is 1. The molecule has 1 amide bonds. The normalized spacial score (nSPS) is 14.7. The van der Waals surface area contributed by atoms with Crippen molar-refractivity contribution in [1.82, 2.24) is 19.6 Å². The molecule has 0 saturated carbocycles. The van der Waals surface area contributed by atoms with E-state index in [0.29, 0.717) is 43.0 Å². The average Bonchev–Trinajstić information content (AvgIpc) is 2.77. The lowest BCUT2D eigenvalue weighted by Gasteiger charge is -2.26. The fraction of sp³-hybridized carbons (Fsp3) is 0.364. The lowest BCUT2D eigenvalue weighted by atomic mass is 10.1. The van der Waals surface area contributed by atoms with Gasteiger partial charge in [-0.1, -0.05) is 23.7 Å². The van der Waals surface area contributed by atoms with Gasteiger partial charge in [0, 0.05) is 32.4 Å². The van der Waals surface area contributed by atoms with Gasteiger partial charge in [0.25, 0.3) is 17.1 Å². The Balaban J connectivity index is 1.72. The molecule has 4 rings (SSSR count). The summed E-state index contributed by atoms with van der Waals surface area (Å²) >= 11 is 0. The summed E-state index contributed by atoms with van der Waals surface area (Å²) in [7, 11) is 0. The summed E-state index contributed by atoms with van der Waals surface area (Å²) in [5, 5.41) is 3.25. The molecule has 1 aliphatic heterocycles. The maximum atomic E-state index is 13.2. The van der Waals surface area contributed by atoms with Crippen LogP contribution in [0.1, 0.15) is 15.9 Å². The molecule has 3 aromatic rings. The maximum absolute atomic E-state index is 13.2. The summed E-state index contributed by atoms with van der Waals surface area (Å²) in [4.78, 5) is 33.0. The number of carbonyl (C=O) groups is 1. The molecule has 31 heavy (non-hydrogen) atoms. The van der Waals surface area contributed by atoms with Crippen LogP contribution in [-0.4, -0.2) is 59.6 Å². The van der Waals surface area contributed by atoms with Gasteiger partial charge in [-0.3, -0.25) is 18.9 Å². The van der Waals surface area contributed by atoms with Crippen molar-refractivity contribution in [2.45, 2.75) is 13.5 Å². The van der Waals surface area contributed by atoms with Crippen molar-refractivity contribution >= 4 is 28.4 Å². The van der Waals surface area contributed by atoms with E-state index in [-0.39, 0.29) is 22.8 Å². The first-order valence-electron chi connectivity index (χ1n) is 10.3. The number of hydrogen-bond donors (Lipinski definition) is 2. The molecule has 0 atom stereocenters. The average molecular weight is 423 g/mol. The Morgan fingerprint density at radius 2 is 2.16 bits per heavy atom. The van der Waals surface area contributed by atoms with E-state index in [1.165, 1.54) is 4.40 Å². The number of rotatable bonds is 6. The van der Waals surface area contributed by atoms with Crippen LogP contribution in [0, 0.1) is 6.92 Å². The second kappa shape index (κ2) is 8.83. The lowest BCUT2D eigenvalue weighted by Crippen LogP contribution is -2.44. The van der Waals surface area contributed by atoms with E-state index in [0.717, 1.165) is 25.2 Å². The highest BCUT2D eigenvalue weighted by molar-refractivity contribution is 6.00. The van der Waals surface area contributed by atoms with Gasteiger partial charge in [-0.25, -0.2) is 4.57 Å². The van der Waals surface area contributed by atoms with Crippen LogP contribution in [0.5, 0.6) is 0 Å². The number of ether oxygens (including phenoxy) is 1. The topological polar surface area (TPSA) is 106 Å². The molecule has 1 fully saturated rings. The van der Waals surface area contributed by atoms with Gasteiger partial charge in [0.05, 0.1) is 19.8 Å². The molecule has 0 radical (unpaired) electrons. The number of nitrogens with zero attached hydrogens (tertiary/aromatic N) is 4. The maximum Gasteiger partial charge on any atom is 0.278 e. The minimum absolute atomic E-state index is 0.246. The summed E-state index contributed by atoms with van der Waals surface area (Å²) in [6, 6.07) is 5.22. The van der Waals surface area contributed by atoms with E-state index >= 15 is 0 Å². The number of hydrogen-bond acceptors (Lipinski definition) is 6. The van der Waals surface area contributed by atoms with Crippen molar-refractivity contribution in [3.63, 3.8) is 0 Å². The predicted octanol–water partition coefficient (Wildman–Crippen LogP) is 0.274. The Kier molecular flexibility index (Phi) is 5.97. The van der Waals surface area contributed by atoms with E-state index < -0.39 is 0 Å². The van der Waals surface area contributed by atoms with Crippen LogP contribution in [0.2, 0.25) is 0 Å². The van der Waals surface area contributed by atoms with E-state index in [1.54, 1.807) is 29.0 Å². The second-order valence-electron chi connectivity index (χ2n) is 7.64. The van der Waals surface area contributed by atoms with Gasteiger partial charge in [-0.05, 0) is 24.6 Å². The summed E-state index contributed by atoms with van der Waals surface area (Å²) in [5.74, 6) is -0.0705. The molecule has 1 saturated heterocycles. The van der Waals surface area contributed by atoms with Crippen molar-refractivity contribution in [3.8, 4) is 0 Å². The lowest BCUT2D eigenvalue weighted by molar-refractivity contribution is -0.648. The van der Waals surface area contributed by atoms with Crippen LogP contribution < -0.4 is 21.2 Å². The van der Waals surface area contributed by atoms with Gasteiger partial charge in [0.15, 0.2) is 0 Å². The highest BCUT2D eigenvalue weighted by atomic mass is 16.5. The number of allylic oxidation sites excluding steroid dienone is 1. The fourth-order valence-corrected chi connectivity index (χ4v) is 3.80. The van der Waals surface area contributed by atoms with Crippen LogP contribution in [0.4, 0.5) is 5.82 Å². The summed E-state index contributed by atoms with van der Waals surface area (Å²) in [6.45, 7) is 10.3. The monoisotopic (exact) mass is 423 g/mol. The third kappa shape index (κ3) is 4.14. The third-order valence-corrected chi connectivity index (χ3v) is 5.47. The molecular weight excluding hydrogens is 396 g/mol. The van der Waals surface area contributed by atoms with Gasteiger partial charge >= 0.3 is 0 Å². The number of fused-ring (bicyclic) bond motifs is 2. The largest absolute Gasteiger partial charge is 0.379 e. The first-order chi connectivity index (χ1) is 15.0. The van der Waals surface area contributed by atoms with Crippen molar-refractivity contribution in [3.05, 3.63) is 58.5 Å². The van der Waals surface area contributed by atoms with Gasteiger partial charge in [-0.2, -0.15) is 0 Å². The number of nitrogens with two attached hydrogens (primary N) is 1. The molecule has 1 aliphatic rings. The number of aryl methyl sites for hydroxylation is 1. The minimum Gasteiger partial charge on any atom is -0.379 e. The number of pyridine rings is 2. The van der Waals surface area contributed by atoms with Gasteiger partial charge in [0.2, 0.25) is 11.5 Å². The standard InChI is InChI=1S/C22H26N6O3/c1-3-7-27-19(23)16(21(29)24-6-8-26-9-11-31-12-10-26)13-17-20(27)25-18-5-4-15(2)14-28(18)22(17)30/h3-5,13-14,23H,1,6-12H2,2H3,(H,24,29)/p+1. The first-order valence-corrected chi connectivity index (χ1v) is 10.3. The quantitative estimate of drug-likeness (QED) is 0.335. The number of morpholine rings is 1. The molecule has 0 spiro atoms. The smallest absolute Gasteiger partial charge is 0.278 e. The molecule has 0 bridgehead atoms. The molecule has 9 heteroatoms. The summed E-state index contributed by atoms with van der Waals surface area (Å²) in [5.41, 5.74) is 8.23. The Bertz CT molecular complexity index is 1210. The molecular formula is C22H27N6O3+. The first kappa shape index (κ1) is 21.0. The van der Waals surface area contributed by atoms with E-state index in [2.05, 4.69) is 21.8 Å². The SMILES string of the molecule is C=CC[n+]1c(N)c(C(=O)NCCN2CCOCC2)cc2c(=O)n3cc(C)ccc3nc21. The molecule has 0 unspecified atom stereocenters. The highest BCUT2D eigenvalue weighted by Gasteiger charge is 2.24. The van der Waals surface area contributed by atoms with Crippen LogP contribution in [0.3, 0.4) is 0 Å². The third-order valence-electron chi connectivity index (χ3n) is 5.47. The summed E-state index contributed by atoms with van der Waals surface area (Å²) in [6.07, 6.45) is 3.40. The zero-order valence-electron chi connectivity index (χ0n) is 17.6. The van der Waals surface area contributed by atoms with Crippen LogP contribution >= 0.6 is 0 Å². The highest BCUT2D eigenvalue weighted by Crippen LogP contribution is 2.15. The zero-order valence-corrected chi connectivity index (χ0v) is 17.6. The Hall–Kier alpha value is -3.30. The molecule has 9 nitrogen and oxygen atoms in total. The minimum atomic E-state index is -0.320. The number of anilines is 1. The predicted molar refractivity (Wildman–Crippen MR) is 118 cm³/mol. The van der Waals surface area contributed by atoms with E-state index in [9.17, 15) is 9.59 Å². The Morgan fingerprint density at radius 1 is 1.39 bits per heavy atom. The Morgan fingerprint density at radius 3 is 2.90 bits per heavy atom. The van der Waals surface area contributed by atoms with Crippen LogP contribution in [0.15, 0.2) is 41.8 Å². The van der Waals surface area contributed by atoms with Crippen molar-refractivity contribution in [2.75, 3.05) is 45.1 Å². The van der Waals surface area contributed by atoms with Crippen LogP contribution in [0.25, 0.3) is 16.7 Å². The summed E-state index contributed by atoms with van der Waals surface area (Å²) < 4.78 is 8.49. The number of aromatic nitrogens is 3. The van der Waals surface area contributed by atoms with E-state index in [4.69, 9.17) is 10.5 Å². The molecule has 0 aliphatic carbocycles. The number of nitrogens with one attached hydrogen (secondary N) is 1. The second-order valence-corrected chi connectivity index (χ2v) is 7.64. The van der Waals surface area contributed by atoms with Crippen molar-refractivity contribution < 1.29 is 14.1 Å². The number of nitrogen functional groups attached to an aromatic ring is 1. The molecule has 3 aromatic heterocycles. The number of amides is 1. The molecule has 0 aromatic carbocycles. The Labute approximate surface area is 179 Å². The van der Waals surface area contributed by atoms with Gasteiger partial charge < -0.3 is 15.8 Å². The van der Waals surface area contributed by atoms with Crippen molar-refractivity contribution in [1.29, 1.82) is 0 Å². The van der Waals surface area contributed by atoms with Gasteiger partial charge in [-0.15, -0.1) is 0 Å². The molecule has 4 heterocycles.